The average Bonchev–Trinajstić information content (AvgIpc) is 2.86. The molecule has 0 unspecified atom stereocenters. The van der Waals surface area contributed by atoms with E-state index in [1.165, 1.54) is 6.92 Å². The molecule has 1 aliphatic heterocycles. The molecule has 0 radical (unpaired) electrons. The van der Waals surface area contributed by atoms with E-state index in [0.29, 0.717) is 61.8 Å². The maximum Gasteiger partial charge on any atom is 0.254 e. The van der Waals surface area contributed by atoms with Gasteiger partial charge < -0.3 is 20.1 Å². The van der Waals surface area contributed by atoms with E-state index in [1.54, 1.807) is 35.4 Å². The zero-order valence-corrected chi connectivity index (χ0v) is 18.6. The van der Waals surface area contributed by atoms with Crippen molar-refractivity contribution in [3.05, 3.63) is 77.5 Å². The normalized spacial score (nSPS) is 12.3. The molecule has 7 heteroatoms. The Labute approximate surface area is 193 Å². The van der Waals surface area contributed by atoms with Crippen molar-refractivity contribution in [2.24, 2.45) is 5.73 Å². The fraction of sp³-hybridized carbons (Fsp3) is 0.269. The first-order valence-electron chi connectivity index (χ1n) is 11.0. The molecule has 0 aliphatic carbocycles. The third-order valence-corrected chi connectivity index (χ3v) is 5.47. The Bertz CT molecular complexity index is 1160. The highest BCUT2D eigenvalue weighted by atomic mass is 16.6. The fourth-order valence-electron chi connectivity index (χ4n) is 3.74. The Morgan fingerprint density at radius 1 is 1.00 bits per heavy atom. The minimum Gasteiger partial charge on any atom is -0.486 e. The first-order valence-corrected chi connectivity index (χ1v) is 11.0. The third kappa shape index (κ3) is 5.38. The number of benzene rings is 2. The number of carbonyl (C=O) groups is 2. The molecule has 7 nitrogen and oxygen atoms in total. The molecule has 4 rings (SSSR count). The molecule has 33 heavy (non-hydrogen) atoms. The molecule has 1 aliphatic rings. The predicted molar refractivity (Wildman–Crippen MR) is 126 cm³/mol. The minimum absolute atomic E-state index is 0.0172. The standard InChI is InChI=1S/C26H27N3O4/c1-18(30)20-4-2-5-21(15-20)23-16-22(8-10-28-23)26(31)29(11-3-9-27)17-19-6-7-24-25(14-19)33-13-12-32-24/h2,4-8,10,14-16H,3,9,11-13,17,27H2,1H3. The maximum atomic E-state index is 13.4. The summed E-state index contributed by atoms with van der Waals surface area (Å²) >= 11 is 0. The van der Waals surface area contributed by atoms with Gasteiger partial charge in [-0.15, -0.1) is 0 Å². The highest BCUT2D eigenvalue weighted by molar-refractivity contribution is 5.96. The van der Waals surface area contributed by atoms with Gasteiger partial charge in [0.25, 0.3) is 5.91 Å². The number of ketones is 1. The minimum atomic E-state index is -0.107. The molecule has 1 amide bonds. The summed E-state index contributed by atoms with van der Waals surface area (Å²) in [6, 6.07) is 16.5. The van der Waals surface area contributed by atoms with E-state index in [1.807, 2.05) is 30.3 Å². The number of nitrogens with zero attached hydrogens (tertiary/aromatic N) is 2. The van der Waals surface area contributed by atoms with Gasteiger partial charge in [-0.2, -0.15) is 0 Å². The van der Waals surface area contributed by atoms with Gasteiger partial charge in [0.15, 0.2) is 17.3 Å². The van der Waals surface area contributed by atoms with Crippen LogP contribution in [0.4, 0.5) is 0 Å². The van der Waals surface area contributed by atoms with Gasteiger partial charge in [-0.25, -0.2) is 0 Å². The van der Waals surface area contributed by atoms with Crippen LogP contribution in [0.25, 0.3) is 11.3 Å². The fourth-order valence-corrected chi connectivity index (χ4v) is 3.74. The van der Waals surface area contributed by atoms with E-state index in [4.69, 9.17) is 15.2 Å². The summed E-state index contributed by atoms with van der Waals surface area (Å²) in [5.41, 5.74) is 9.25. The molecule has 0 bridgehead atoms. The van der Waals surface area contributed by atoms with Crippen molar-refractivity contribution < 1.29 is 19.1 Å². The Morgan fingerprint density at radius 2 is 1.82 bits per heavy atom. The van der Waals surface area contributed by atoms with Crippen LogP contribution in [0, 0.1) is 0 Å². The van der Waals surface area contributed by atoms with E-state index in [9.17, 15) is 9.59 Å². The largest absolute Gasteiger partial charge is 0.486 e. The Hall–Kier alpha value is -3.71. The maximum absolute atomic E-state index is 13.4. The van der Waals surface area contributed by atoms with Gasteiger partial charge in [-0.3, -0.25) is 14.6 Å². The van der Waals surface area contributed by atoms with Gasteiger partial charge in [-0.05, 0) is 55.8 Å². The van der Waals surface area contributed by atoms with Crippen molar-refractivity contribution >= 4 is 11.7 Å². The Balaban J connectivity index is 1.58. The van der Waals surface area contributed by atoms with Crippen molar-refractivity contribution in [1.29, 1.82) is 0 Å². The van der Waals surface area contributed by atoms with Gasteiger partial charge >= 0.3 is 0 Å². The molecule has 0 atom stereocenters. The molecule has 0 saturated heterocycles. The number of amides is 1. The summed E-state index contributed by atoms with van der Waals surface area (Å²) in [6.45, 7) is 4.02. The van der Waals surface area contributed by atoms with Crippen LogP contribution in [-0.2, 0) is 6.54 Å². The van der Waals surface area contributed by atoms with Crippen LogP contribution in [-0.4, -0.2) is 47.9 Å². The SMILES string of the molecule is CC(=O)c1cccc(-c2cc(C(=O)N(CCCN)Cc3ccc4c(c3)OCCO4)ccn2)c1. The van der Waals surface area contributed by atoms with Crippen LogP contribution in [0.2, 0.25) is 0 Å². The molecule has 2 aromatic carbocycles. The zero-order chi connectivity index (χ0) is 23.2. The van der Waals surface area contributed by atoms with Crippen molar-refractivity contribution in [2.75, 3.05) is 26.3 Å². The number of fused-ring (bicyclic) bond motifs is 1. The number of nitrogens with two attached hydrogens (primary N) is 1. The van der Waals surface area contributed by atoms with E-state index in [2.05, 4.69) is 4.98 Å². The summed E-state index contributed by atoms with van der Waals surface area (Å²) in [4.78, 5) is 31.4. The number of pyridine rings is 1. The number of aromatic nitrogens is 1. The Morgan fingerprint density at radius 3 is 2.61 bits per heavy atom. The van der Waals surface area contributed by atoms with Crippen molar-refractivity contribution in [3.63, 3.8) is 0 Å². The van der Waals surface area contributed by atoms with Crippen molar-refractivity contribution in [3.8, 4) is 22.8 Å². The van der Waals surface area contributed by atoms with E-state index in [0.717, 1.165) is 16.9 Å². The second-order valence-corrected chi connectivity index (χ2v) is 7.91. The van der Waals surface area contributed by atoms with E-state index in [-0.39, 0.29) is 11.7 Å². The average molecular weight is 446 g/mol. The van der Waals surface area contributed by atoms with Gasteiger partial charge in [0.1, 0.15) is 13.2 Å². The number of carbonyl (C=O) groups excluding carboxylic acids is 2. The number of hydrogen-bond acceptors (Lipinski definition) is 6. The monoisotopic (exact) mass is 445 g/mol. The third-order valence-electron chi connectivity index (χ3n) is 5.47. The van der Waals surface area contributed by atoms with Gasteiger partial charge in [0, 0.05) is 36.0 Å². The lowest BCUT2D eigenvalue weighted by Gasteiger charge is -2.24. The number of rotatable bonds is 8. The predicted octanol–water partition coefficient (Wildman–Crippen LogP) is 3.71. The van der Waals surface area contributed by atoms with E-state index < -0.39 is 0 Å². The quantitative estimate of drug-likeness (QED) is 0.531. The first kappa shape index (κ1) is 22.5. The van der Waals surface area contributed by atoms with E-state index >= 15 is 0 Å². The molecule has 2 N–H and O–H groups in total. The van der Waals surface area contributed by atoms with Crippen molar-refractivity contribution in [1.82, 2.24) is 9.88 Å². The summed E-state index contributed by atoms with van der Waals surface area (Å²) < 4.78 is 11.3. The van der Waals surface area contributed by atoms with Crippen LogP contribution < -0.4 is 15.2 Å². The number of hydrogen-bond donors (Lipinski definition) is 1. The van der Waals surface area contributed by atoms with Crippen molar-refractivity contribution in [2.45, 2.75) is 19.9 Å². The highest BCUT2D eigenvalue weighted by Crippen LogP contribution is 2.31. The van der Waals surface area contributed by atoms with Crippen LogP contribution in [0.15, 0.2) is 60.8 Å². The molecule has 1 aromatic heterocycles. The lowest BCUT2D eigenvalue weighted by Crippen LogP contribution is -2.32. The Kier molecular flexibility index (Phi) is 7.00. The van der Waals surface area contributed by atoms with Crippen LogP contribution in [0.3, 0.4) is 0 Å². The zero-order valence-electron chi connectivity index (χ0n) is 18.6. The summed E-state index contributed by atoms with van der Waals surface area (Å²) in [5, 5.41) is 0. The molecule has 0 fully saturated rings. The van der Waals surface area contributed by atoms with Crippen LogP contribution in [0.1, 0.15) is 39.6 Å². The second-order valence-electron chi connectivity index (χ2n) is 7.91. The molecule has 0 spiro atoms. The smallest absolute Gasteiger partial charge is 0.254 e. The summed E-state index contributed by atoms with van der Waals surface area (Å²) in [6.07, 6.45) is 2.31. The molecular formula is C26H27N3O4. The second kappa shape index (κ2) is 10.3. The summed E-state index contributed by atoms with van der Waals surface area (Å²) in [7, 11) is 0. The van der Waals surface area contributed by atoms with Gasteiger partial charge in [0.2, 0.25) is 0 Å². The summed E-state index contributed by atoms with van der Waals surface area (Å²) in [5.74, 6) is 1.29. The van der Waals surface area contributed by atoms with Crippen LogP contribution in [0.5, 0.6) is 11.5 Å². The molecular weight excluding hydrogens is 418 g/mol. The van der Waals surface area contributed by atoms with Gasteiger partial charge in [-0.1, -0.05) is 24.3 Å². The molecule has 170 valence electrons. The van der Waals surface area contributed by atoms with Gasteiger partial charge in [0.05, 0.1) is 5.69 Å². The lowest BCUT2D eigenvalue weighted by atomic mass is 10.0. The lowest BCUT2D eigenvalue weighted by molar-refractivity contribution is 0.0741. The molecule has 3 aromatic rings. The molecule has 0 saturated carbocycles. The topological polar surface area (TPSA) is 94.8 Å². The highest BCUT2D eigenvalue weighted by Gasteiger charge is 2.19. The first-order chi connectivity index (χ1) is 16.0. The number of ether oxygens (including phenoxy) is 2. The molecule has 2 heterocycles. The number of Topliss-reactive ketones (excluding diaryl/α,β-unsaturated/α-hetero) is 1. The van der Waals surface area contributed by atoms with Crippen LogP contribution >= 0.6 is 0 Å².